The lowest BCUT2D eigenvalue weighted by molar-refractivity contribution is -0.384. The molecule has 0 radical (unpaired) electrons. The second kappa shape index (κ2) is 6.23. The number of amides is 1. The van der Waals surface area contributed by atoms with E-state index in [9.17, 15) is 14.9 Å². The minimum Gasteiger partial charge on any atom is -0.299 e. The van der Waals surface area contributed by atoms with E-state index in [0.717, 1.165) is 17.8 Å². The van der Waals surface area contributed by atoms with Crippen molar-refractivity contribution in [3.8, 4) is 0 Å². The van der Waals surface area contributed by atoms with Crippen LogP contribution < -0.4 is 10.9 Å². The zero-order valence-electron chi connectivity index (χ0n) is 17.6. The molecule has 0 saturated heterocycles. The van der Waals surface area contributed by atoms with Crippen molar-refractivity contribution in [1.29, 1.82) is 0 Å². The Kier molecular flexibility index (Phi) is 3.90. The Balaban J connectivity index is 1.64. The second-order valence-electron chi connectivity index (χ2n) is 9.16. The van der Waals surface area contributed by atoms with Gasteiger partial charge in [0.05, 0.1) is 33.0 Å². The number of para-hydroxylation sites is 1. The van der Waals surface area contributed by atoms with Gasteiger partial charge in [-0.1, -0.05) is 39.0 Å². The number of fused-ring (bicyclic) bond motifs is 6. The molecule has 2 aliphatic rings. The number of benzene rings is 2. The van der Waals surface area contributed by atoms with Crippen molar-refractivity contribution in [3.05, 3.63) is 70.0 Å². The number of non-ortho nitro benzene ring substituents is 1. The van der Waals surface area contributed by atoms with E-state index < -0.39 is 15.8 Å². The van der Waals surface area contributed by atoms with Gasteiger partial charge in [0.1, 0.15) is 5.41 Å². The zero-order chi connectivity index (χ0) is 22.0. The lowest BCUT2D eigenvalue weighted by Crippen LogP contribution is -2.52. The van der Waals surface area contributed by atoms with Crippen molar-refractivity contribution in [2.24, 2.45) is 5.41 Å². The van der Waals surface area contributed by atoms with Crippen LogP contribution in [0, 0.1) is 15.5 Å². The largest absolute Gasteiger partial charge is 0.299 e. The van der Waals surface area contributed by atoms with Gasteiger partial charge in [-0.25, -0.2) is 9.97 Å². The highest BCUT2D eigenvalue weighted by atomic mass is 16.6. The SMILES string of the molecule is CC12CCC(C(=O)NNc3ccccc3)(c3nc4cc([N+](=O)[O-])ccc4nc31)C2(C)C. The quantitative estimate of drug-likeness (QED) is 0.490. The number of hydrogen-bond acceptors (Lipinski definition) is 6. The molecule has 3 aromatic rings. The van der Waals surface area contributed by atoms with Gasteiger partial charge in [0.25, 0.3) is 11.6 Å². The molecule has 0 aliphatic heterocycles. The van der Waals surface area contributed by atoms with E-state index in [1.54, 1.807) is 6.07 Å². The topological polar surface area (TPSA) is 110 Å². The summed E-state index contributed by atoms with van der Waals surface area (Å²) in [6, 6.07) is 13.9. The molecule has 2 aliphatic carbocycles. The third kappa shape index (κ3) is 2.38. The number of rotatable bonds is 4. The highest BCUT2D eigenvalue weighted by molar-refractivity contribution is 5.93. The third-order valence-corrected chi connectivity index (χ3v) is 7.71. The van der Waals surface area contributed by atoms with Crippen molar-refractivity contribution in [3.63, 3.8) is 0 Å². The standard InChI is InChI=1S/C23H23N5O3/c1-21(2)22(3)11-12-23(21,20(29)27-26-14-7-5-4-6-8-14)19-18(22)24-16-10-9-15(28(30)31)13-17(16)25-19/h4-10,13,26H,11-12H2,1-3H3,(H,27,29). The van der Waals surface area contributed by atoms with Crippen molar-refractivity contribution >= 4 is 28.3 Å². The second-order valence-corrected chi connectivity index (χ2v) is 9.16. The fraction of sp³-hybridized carbons (Fsp3) is 0.348. The molecule has 2 unspecified atom stereocenters. The van der Waals surface area contributed by atoms with Gasteiger partial charge in [-0.05, 0) is 36.5 Å². The third-order valence-electron chi connectivity index (χ3n) is 7.71. The van der Waals surface area contributed by atoms with Gasteiger partial charge in [-0.3, -0.25) is 25.8 Å². The van der Waals surface area contributed by atoms with Gasteiger partial charge in [0.2, 0.25) is 0 Å². The van der Waals surface area contributed by atoms with Crippen LogP contribution in [0.15, 0.2) is 48.5 Å². The van der Waals surface area contributed by atoms with Crippen LogP contribution in [-0.4, -0.2) is 20.8 Å². The van der Waals surface area contributed by atoms with Gasteiger partial charge in [0, 0.05) is 17.5 Å². The molecule has 158 valence electrons. The van der Waals surface area contributed by atoms with Gasteiger partial charge in [0.15, 0.2) is 0 Å². The number of carbonyl (C=O) groups excluding carboxylic acids is 1. The van der Waals surface area contributed by atoms with Crippen molar-refractivity contribution < 1.29 is 9.72 Å². The van der Waals surface area contributed by atoms with E-state index in [1.807, 2.05) is 30.3 Å². The van der Waals surface area contributed by atoms with E-state index in [4.69, 9.17) is 9.97 Å². The summed E-state index contributed by atoms with van der Waals surface area (Å²) >= 11 is 0. The number of nitrogens with zero attached hydrogens (tertiary/aromatic N) is 3. The van der Waals surface area contributed by atoms with Crippen LogP contribution in [0.1, 0.15) is 45.0 Å². The van der Waals surface area contributed by atoms with Gasteiger partial charge in [-0.15, -0.1) is 0 Å². The van der Waals surface area contributed by atoms with E-state index in [-0.39, 0.29) is 17.0 Å². The predicted octanol–water partition coefficient (Wildman–Crippen LogP) is 4.01. The monoisotopic (exact) mass is 417 g/mol. The van der Waals surface area contributed by atoms with Crippen LogP contribution in [0.25, 0.3) is 11.0 Å². The molecule has 1 heterocycles. The molecule has 8 nitrogen and oxygen atoms in total. The number of nitro benzene ring substituents is 1. The molecule has 1 fully saturated rings. The number of nitrogens with one attached hydrogen (secondary N) is 2. The van der Waals surface area contributed by atoms with E-state index in [0.29, 0.717) is 23.1 Å². The lowest BCUT2D eigenvalue weighted by Gasteiger charge is -2.39. The summed E-state index contributed by atoms with van der Waals surface area (Å²) in [5.74, 6) is -0.164. The minimum absolute atomic E-state index is 0.0420. The average Bonchev–Trinajstić information content (AvgIpc) is 3.06. The first-order valence-corrected chi connectivity index (χ1v) is 10.3. The number of hydrogen-bond donors (Lipinski definition) is 2. The summed E-state index contributed by atoms with van der Waals surface area (Å²) in [7, 11) is 0. The minimum atomic E-state index is -0.884. The Labute approximate surface area is 179 Å². The normalized spacial score (nSPS) is 25.3. The Morgan fingerprint density at radius 1 is 1.00 bits per heavy atom. The van der Waals surface area contributed by atoms with Crippen LogP contribution in [0.3, 0.4) is 0 Å². The van der Waals surface area contributed by atoms with Crippen LogP contribution >= 0.6 is 0 Å². The number of anilines is 1. The molecule has 1 aromatic heterocycles. The molecule has 5 rings (SSSR count). The highest BCUT2D eigenvalue weighted by Gasteiger charge is 2.73. The molecule has 2 aromatic carbocycles. The Hall–Kier alpha value is -3.55. The lowest BCUT2D eigenvalue weighted by atomic mass is 9.63. The molecule has 1 saturated carbocycles. The van der Waals surface area contributed by atoms with Crippen molar-refractivity contribution in [2.45, 2.75) is 44.4 Å². The summed E-state index contributed by atoms with van der Waals surface area (Å²) < 4.78 is 0. The number of hydrazine groups is 1. The summed E-state index contributed by atoms with van der Waals surface area (Å²) in [6.45, 7) is 6.33. The maximum Gasteiger partial charge on any atom is 0.271 e. The number of nitro groups is 1. The van der Waals surface area contributed by atoms with E-state index in [1.165, 1.54) is 12.1 Å². The summed E-state index contributed by atoms with van der Waals surface area (Å²) in [6.07, 6.45) is 1.46. The van der Waals surface area contributed by atoms with Crippen LogP contribution in [0.4, 0.5) is 11.4 Å². The molecule has 2 atom stereocenters. The molecular formula is C23H23N5O3. The molecule has 8 heteroatoms. The number of carbonyl (C=O) groups is 1. The maximum atomic E-state index is 13.7. The van der Waals surface area contributed by atoms with Crippen molar-refractivity contribution in [1.82, 2.24) is 15.4 Å². The van der Waals surface area contributed by atoms with Crippen molar-refractivity contribution in [2.75, 3.05) is 5.43 Å². The Bertz CT molecular complexity index is 1240. The fourth-order valence-electron chi connectivity index (χ4n) is 5.46. The molecule has 2 bridgehead atoms. The van der Waals surface area contributed by atoms with Crippen LogP contribution in [0.5, 0.6) is 0 Å². The van der Waals surface area contributed by atoms with Crippen LogP contribution in [-0.2, 0) is 15.6 Å². The zero-order valence-corrected chi connectivity index (χ0v) is 17.6. The maximum absolute atomic E-state index is 13.7. The van der Waals surface area contributed by atoms with Crippen LogP contribution in [0.2, 0.25) is 0 Å². The number of aromatic nitrogens is 2. The first-order valence-electron chi connectivity index (χ1n) is 10.3. The van der Waals surface area contributed by atoms with E-state index in [2.05, 4.69) is 31.6 Å². The molecule has 2 N–H and O–H groups in total. The smallest absolute Gasteiger partial charge is 0.271 e. The molecule has 0 spiro atoms. The summed E-state index contributed by atoms with van der Waals surface area (Å²) in [4.78, 5) is 34.2. The van der Waals surface area contributed by atoms with E-state index >= 15 is 0 Å². The van der Waals surface area contributed by atoms with Gasteiger partial charge < -0.3 is 0 Å². The molecule has 1 amide bonds. The Morgan fingerprint density at radius 3 is 2.42 bits per heavy atom. The first kappa shape index (κ1) is 19.4. The van der Waals surface area contributed by atoms with Gasteiger partial charge in [-0.2, -0.15) is 0 Å². The van der Waals surface area contributed by atoms with Gasteiger partial charge >= 0.3 is 0 Å². The first-order chi connectivity index (χ1) is 14.7. The highest BCUT2D eigenvalue weighted by Crippen LogP contribution is 2.70. The molecule has 31 heavy (non-hydrogen) atoms. The summed E-state index contributed by atoms with van der Waals surface area (Å²) in [5, 5.41) is 11.2. The summed E-state index contributed by atoms with van der Waals surface area (Å²) in [5.41, 5.74) is 7.47. The fourth-order valence-corrected chi connectivity index (χ4v) is 5.46. The molecular weight excluding hydrogens is 394 g/mol. The average molecular weight is 417 g/mol. The predicted molar refractivity (Wildman–Crippen MR) is 116 cm³/mol. The Morgan fingerprint density at radius 2 is 1.71 bits per heavy atom.